The highest BCUT2D eigenvalue weighted by molar-refractivity contribution is 8.55. The summed E-state index contributed by atoms with van der Waals surface area (Å²) < 4.78 is 51.4. The molecule has 0 bridgehead atoms. The predicted octanol–water partition coefficient (Wildman–Crippen LogP) is 8.01. The van der Waals surface area contributed by atoms with Crippen LogP contribution in [-0.4, -0.2) is 26.5 Å². The van der Waals surface area contributed by atoms with Crippen molar-refractivity contribution >= 4 is 49.6 Å². The maximum absolute atomic E-state index is 13.4. The van der Waals surface area contributed by atoms with Crippen LogP contribution in [-0.2, 0) is 18.9 Å². The summed E-state index contributed by atoms with van der Waals surface area (Å²) in [4.78, 5) is 0.223. The molecule has 180 valence electrons. The van der Waals surface area contributed by atoms with Crippen molar-refractivity contribution in [1.29, 1.82) is 0 Å². The maximum atomic E-state index is 13.4. The van der Waals surface area contributed by atoms with Gasteiger partial charge >= 0.3 is 6.80 Å². The Bertz CT molecular complexity index is 1240. The number of rotatable bonds is 13. The lowest BCUT2D eigenvalue weighted by molar-refractivity contribution is 0.296. The van der Waals surface area contributed by atoms with Crippen LogP contribution in [0.3, 0.4) is 0 Å². The summed E-state index contributed by atoms with van der Waals surface area (Å²) in [6.45, 7) is 2.64. The second-order valence-electron chi connectivity index (χ2n) is 8.01. The largest absolute Gasteiger partial charge is 0.440 e. The van der Waals surface area contributed by atoms with E-state index in [0.717, 1.165) is 53.2 Å². The van der Waals surface area contributed by atoms with Crippen LogP contribution in [0.2, 0.25) is 0 Å². The van der Waals surface area contributed by atoms with Gasteiger partial charge in [0.1, 0.15) is 5.75 Å². The van der Waals surface area contributed by atoms with Gasteiger partial charge in [0.15, 0.2) is 9.84 Å². The van der Waals surface area contributed by atoms with Gasteiger partial charge in [0.2, 0.25) is 0 Å². The van der Waals surface area contributed by atoms with Gasteiger partial charge in [-0.3, -0.25) is 4.52 Å². The monoisotopic (exact) mass is 508 g/mol. The molecule has 3 aromatic rings. The molecule has 0 fully saturated rings. The lowest BCUT2D eigenvalue weighted by Gasteiger charge is -2.19. The van der Waals surface area contributed by atoms with E-state index in [0.29, 0.717) is 17.6 Å². The first kappa shape index (κ1) is 26.1. The standard InChI is InChI=1S/C25H33O5PS2/c1-4-7-8-11-15-33(27,28)25-19-23(30-31(26,29-6-3)32-14-5-2)17-22-16-20-12-9-10-13-21(20)18-24(22)25/h9-10,12-13,16-19H,4-8,11,14-15H2,1-3H3. The van der Waals surface area contributed by atoms with Crippen molar-refractivity contribution in [3.8, 4) is 5.75 Å². The molecule has 3 aromatic carbocycles. The van der Waals surface area contributed by atoms with E-state index in [4.69, 9.17) is 9.05 Å². The van der Waals surface area contributed by atoms with Gasteiger partial charge in [-0.1, -0.05) is 57.4 Å². The van der Waals surface area contributed by atoms with Crippen molar-refractivity contribution in [2.75, 3.05) is 18.1 Å². The lowest BCUT2D eigenvalue weighted by Crippen LogP contribution is -2.08. The second-order valence-corrected chi connectivity index (χ2v) is 14.2. The molecule has 1 unspecified atom stereocenters. The summed E-state index contributed by atoms with van der Waals surface area (Å²) in [6.07, 6.45) is 4.36. The molecule has 0 radical (unpaired) electrons. The van der Waals surface area contributed by atoms with Gasteiger partial charge in [0.05, 0.1) is 17.3 Å². The molecular weight excluding hydrogens is 475 g/mol. The van der Waals surface area contributed by atoms with Crippen LogP contribution in [0, 0.1) is 0 Å². The van der Waals surface area contributed by atoms with Crippen LogP contribution in [0.4, 0.5) is 0 Å². The Hall–Kier alpha value is -1.53. The van der Waals surface area contributed by atoms with Gasteiger partial charge in [-0.05, 0) is 71.6 Å². The molecule has 0 N–H and O–H groups in total. The van der Waals surface area contributed by atoms with E-state index in [2.05, 4.69) is 6.92 Å². The average Bonchev–Trinajstić information content (AvgIpc) is 2.79. The summed E-state index contributed by atoms with van der Waals surface area (Å²) in [5, 5.41) is 3.37. The fourth-order valence-electron chi connectivity index (χ4n) is 3.71. The Morgan fingerprint density at radius 1 is 0.879 bits per heavy atom. The van der Waals surface area contributed by atoms with E-state index in [1.807, 2.05) is 43.3 Å². The zero-order chi connectivity index (χ0) is 23.9. The van der Waals surface area contributed by atoms with Gasteiger partial charge in [-0.25, -0.2) is 13.0 Å². The van der Waals surface area contributed by atoms with Crippen LogP contribution in [0.15, 0.2) is 53.4 Å². The van der Waals surface area contributed by atoms with E-state index in [9.17, 15) is 13.0 Å². The van der Waals surface area contributed by atoms with Crippen molar-refractivity contribution in [2.45, 2.75) is 57.8 Å². The zero-order valence-electron chi connectivity index (χ0n) is 19.6. The number of benzene rings is 3. The van der Waals surface area contributed by atoms with Gasteiger partial charge in [0.25, 0.3) is 0 Å². The first-order chi connectivity index (χ1) is 15.8. The molecule has 5 nitrogen and oxygen atoms in total. The molecule has 3 rings (SSSR count). The first-order valence-corrected chi connectivity index (χ1v) is 16.4. The first-order valence-electron chi connectivity index (χ1n) is 11.6. The minimum atomic E-state index is -3.56. The molecule has 0 spiro atoms. The van der Waals surface area contributed by atoms with Crippen molar-refractivity contribution in [3.63, 3.8) is 0 Å². The zero-order valence-corrected chi connectivity index (χ0v) is 22.1. The molecule has 8 heteroatoms. The van der Waals surface area contributed by atoms with Crippen molar-refractivity contribution < 1.29 is 22.0 Å². The summed E-state index contributed by atoms with van der Waals surface area (Å²) >= 11 is 1.15. The van der Waals surface area contributed by atoms with Crippen LogP contribution in [0.1, 0.15) is 52.9 Å². The minimum absolute atomic E-state index is 0.0755. The van der Waals surface area contributed by atoms with E-state index < -0.39 is 16.6 Å². The van der Waals surface area contributed by atoms with Crippen LogP contribution >= 0.6 is 18.2 Å². The Morgan fingerprint density at radius 3 is 2.27 bits per heavy atom. The molecule has 33 heavy (non-hydrogen) atoms. The van der Waals surface area contributed by atoms with E-state index in [1.54, 1.807) is 13.0 Å². The van der Waals surface area contributed by atoms with Crippen molar-refractivity contribution in [2.24, 2.45) is 0 Å². The van der Waals surface area contributed by atoms with Crippen LogP contribution in [0.25, 0.3) is 21.5 Å². The Labute approximate surface area is 201 Å². The average molecular weight is 509 g/mol. The summed E-state index contributed by atoms with van der Waals surface area (Å²) in [5.41, 5.74) is 0. The summed E-state index contributed by atoms with van der Waals surface area (Å²) in [6, 6.07) is 15.0. The topological polar surface area (TPSA) is 69.7 Å². The normalized spacial score (nSPS) is 13.9. The fraction of sp³-hybridized carbons (Fsp3) is 0.440. The van der Waals surface area contributed by atoms with E-state index >= 15 is 0 Å². The SMILES string of the molecule is CCCCCCS(=O)(=O)c1cc(OP(=O)(OCC)SCCC)cc2cc3ccccc3cc12. The van der Waals surface area contributed by atoms with Gasteiger partial charge in [-0.2, -0.15) is 0 Å². The van der Waals surface area contributed by atoms with E-state index in [1.165, 1.54) is 6.07 Å². The number of sulfone groups is 1. The van der Waals surface area contributed by atoms with Crippen LogP contribution in [0.5, 0.6) is 5.75 Å². The highest BCUT2D eigenvalue weighted by Gasteiger charge is 2.28. The second kappa shape index (κ2) is 11.7. The van der Waals surface area contributed by atoms with Gasteiger partial charge in [-0.15, -0.1) is 0 Å². The Kier molecular flexibility index (Phi) is 9.28. The van der Waals surface area contributed by atoms with Crippen molar-refractivity contribution in [3.05, 3.63) is 48.5 Å². The molecule has 0 aliphatic carbocycles. The third-order valence-corrected chi connectivity index (χ3v) is 11.1. The van der Waals surface area contributed by atoms with E-state index in [-0.39, 0.29) is 23.0 Å². The number of hydrogen-bond acceptors (Lipinski definition) is 6. The molecule has 0 aromatic heterocycles. The molecule has 0 aliphatic heterocycles. The third-order valence-electron chi connectivity index (χ3n) is 5.31. The summed E-state index contributed by atoms with van der Waals surface area (Å²) in [7, 11) is -3.56. The fourth-order valence-corrected chi connectivity index (χ4v) is 8.76. The molecule has 0 heterocycles. The Balaban J connectivity index is 2.11. The molecule has 1 atom stereocenters. The third kappa shape index (κ3) is 6.75. The highest BCUT2D eigenvalue weighted by Crippen LogP contribution is 2.60. The van der Waals surface area contributed by atoms with Gasteiger partial charge in [0, 0.05) is 11.1 Å². The number of unbranched alkanes of at least 4 members (excludes halogenated alkanes) is 3. The highest BCUT2D eigenvalue weighted by atomic mass is 32.7. The number of hydrogen-bond donors (Lipinski definition) is 0. The molecule has 0 amide bonds. The smallest absolute Gasteiger partial charge is 0.417 e. The van der Waals surface area contributed by atoms with Crippen molar-refractivity contribution in [1.82, 2.24) is 0 Å². The van der Waals surface area contributed by atoms with Gasteiger partial charge < -0.3 is 4.52 Å². The predicted molar refractivity (Wildman–Crippen MR) is 140 cm³/mol. The number of fused-ring (bicyclic) bond motifs is 2. The summed E-state index contributed by atoms with van der Waals surface area (Å²) in [5.74, 6) is 0.953. The maximum Gasteiger partial charge on any atom is 0.440 e. The molecule has 0 aliphatic rings. The molecular formula is C25H33O5PS2. The Morgan fingerprint density at radius 2 is 1.61 bits per heavy atom. The molecule has 0 saturated heterocycles. The van der Waals surface area contributed by atoms with Crippen LogP contribution < -0.4 is 4.52 Å². The quantitative estimate of drug-likeness (QED) is 0.132. The lowest BCUT2D eigenvalue weighted by atomic mass is 10.0. The minimum Gasteiger partial charge on any atom is -0.417 e. The molecule has 0 saturated carbocycles.